The lowest BCUT2D eigenvalue weighted by Crippen LogP contribution is -2.50. The maximum Gasteiger partial charge on any atom is 0.410 e. The minimum absolute atomic E-state index is 0.105. The van der Waals surface area contributed by atoms with Crippen molar-refractivity contribution < 1.29 is 33.6 Å². The highest BCUT2D eigenvalue weighted by Gasteiger charge is 2.28. The molecule has 1 aliphatic heterocycles. The van der Waals surface area contributed by atoms with E-state index in [2.05, 4.69) is 9.80 Å². The van der Waals surface area contributed by atoms with Crippen LogP contribution in [0.3, 0.4) is 0 Å². The van der Waals surface area contributed by atoms with Gasteiger partial charge in [0.15, 0.2) is 11.5 Å². The molecular weight excluding hydrogens is 716 g/mol. The summed E-state index contributed by atoms with van der Waals surface area (Å²) in [5.41, 5.74) is 3.81. The molecule has 2 unspecified atom stereocenters. The van der Waals surface area contributed by atoms with Gasteiger partial charge < -0.3 is 43.5 Å². The van der Waals surface area contributed by atoms with Gasteiger partial charge in [-0.15, -0.1) is 5.10 Å². The van der Waals surface area contributed by atoms with Crippen LogP contribution in [0.4, 0.5) is 16.4 Å². The third kappa shape index (κ3) is 9.58. The smallest absolute Gasteiger partial charge is 0.410 e. The van der Waals surface area contributed by atoms with Gasteiger partial charge in [-0.3, -0.25) is 0 Å². The predicted molar refractivity (Wildman–Crippen MR) is 212 cm³/mol. The fourth-order valence-electron chi connectivity index (χ4n) is 6.54. The number of amides is 1. The molecule has 4 heterocycles. The third-order valence-corrected chi connectivity index (χ3v) is 9.32. The van der Waals surface area contributed by atoms with Crippen LogP contribution in [0.15, 0.2) is 67.0 Å². The number of aryl methyl sites for hydroxylation is 1. The minimum atomic E-state index is -1.13. The summed E-state index contributed by atoms with van der Waals surface area (Å²) in [6, 6.07) is 17.8. The van der Waals surface area contributed by atoms with Gasteiger partial charge in [-0.2, -0.15) is 4.98 Å². The first kappa shape index (κ1) is 40.0. The quantitative estimate of drug-likeness (QED) is 0.150. The number of anilines is 2. The van der Waals surface area contributed by atoms with Gasteiger partial charge in [0.2, 0.25) is 0 Å². The Hall–Kier alpha value is -5.67. The van der Waals surface area contributed by atoms with Crippen molar-refractivity contribution in [2.24, 2.45) is 0 Å². The van der Waals surface area contributed by atoms with Crippen LogP contribution >= 0.6 is 0 Å². The predicted octanol–water partition coefficient (Wildman–Crippen LogP) is 5.60. The number of nitrogens with zero attached hydrogens (tertiary/aromatic N) is 8. The lowest BCUT2D eigenvalue weighted by molar-refractivity contribution is 0.0240. The number of imidazole rings is 1. The average molecular weight is 769 g/mol. The molecule has 5 aromatic rings. The highest BCUT2D eigenvalue weighted by atomic mass is 16.6. The Labute approximate surface area is 327 Å². The summed E-state index contributed by atoms with van der Waals surface area (Å²) in [6.45, 7) is 12.9. The number of aromatic nitrogens is 5. The Morgan fingerprint density at radius 2 is 1.50 bits per heavy atom. The van der Waals surface area contributed by atoms with E-state index in [1.165, 1.54) is 0 Å². The molecule has 6 rings (SSSR count). The van der Waals surface area contributed by atoms with Crippen molar-refractivity contribution in [3.63, 3.8) is 0 Å². The van der Waals surface area contributed by atoms with Crippen molar-refractivity contribution >= 4 is 23.4 Å². The Balaban J connectivity index is 1.32. The maximum absolute atomic E-state index is 12.6. The number of ether oxygens (including phenoxy) is 5. The zero-order chi connectivity index (χ0) is 40.0. The number of benzene rings is 2. The number of carbonyl (C=O) groups is 1. The van der Waals surface area contributed by atoms with Crippen LogP contribution in [0.25, 0.3) is 5.65 Å². The first-order valence-corrected chi connectivity index (χ1v) is 18.6. The standard InChI is InChI=1S/C41H52N8O7/c1-27-21-31(22-42-36(27)46-17-19-47(20-18-46)40(51)56-41(3,4)5)35(50)34-23-43-37-38(44-39(45-49(34)37)55-28(2)26-52-6)48(24-29-9-13-32(53-7)14-10-29)25-30-11-15-33(54-8)16-12-30/h9-16,21-23,28,35,50H,17-20,24-26H2,1-8H3. The summed E-state index contributed by atoms with van der Waals surface area (Å²) < 4.78 is 29.5. The summed E-state index contributed by atoms with van der Waals surface area (Å²) in [5, 5.41) is 16.7. The number of aliphatic hydroxyl groups is 1. The number of carbonyl (C=O) groups excluding carboxylic acids is 1. The molecule has 0 radical (unpaired) electrons. The second kappa shape index (κ2) is 17.4. The van der Waals surface area contributed by atoms with E-state index >= 15 is 0 Å². The number of fused-ring (bicyclic) bond motifs is 1. The first-order valence-electron chi connectivity index (χ1n) is 18.6. The normalized spacial score (nSPS) is 14.4. The topological polar surface area (TPSA) is 149 Å². The van der Waals surface area contributed by atoms with E-state index in [0.29, 0.717) is 68.6 Å². The molecule has 0 aliphatic carbocycles. The van der Waals surface area contributed by atoms with Crippen LogP contribution in [-0.2, 0) is 22.6 Å². The van der Waals surface area contributed by atoms with Crippen LogP contribution in [0, 0.1) is 6.92 Å². The Kier molecular flexibility index (Phi) is 12.4. The van der Waals surface area contributed by atoms with Gasteiger partial charge in [-0.1, -0.05) is 24.3 Å². The molecule has 3 aromatic heterocycles. The average Bonchev–Trinajstić information content (AvgIpc) is 3.61. The van der Waals surface area contributed by atoms with E-state index in [0.717, 1.165) is 34.0 Å². The van der Waals surface area contributed by atoms with Crippen LogP contribution in [0.5, 0.6) is 17.5 Å². The van der Waals surface area contributed by atoms with Crippen molar-refractivity contribution in [1.82, 2.24) is 29.5 Å². The lowest BCUT2D eigenvalue weighted by atomic mass is 10.1. The SMILES string of the molecule is COCC(C)Oc1nc(N(Cc2ccc(OC)cc2)Cc2ccc(OC)cc2)c2ncc(C(O)c3cnc(N4CCN(C(=O)OC(C)(C)C)CC4)c(C)c3)n2n1. The molecule has 1 fully saturated rings. The molecular formula is C41H52N8O7. The van der Waals surface area contributed by atoms with Gasteiger partial charge in [0.1, 0.15) is 35.1 Å². The number of rotatable bonds is 14. The molecule has 1 N–H and O–H groups in total. The number of piperazine rings is 1. The summed E-state index contributed by atoms with van der Waals surface area (Å²) >= 11 is 0. The Morgan fingerprint density at radius 1 is 0.893 bits per heavy atom. The summed E-state index contributed by atoms with van der Waals surface area (Å²) in [6.07, 6.45) is 1.49. The van der Waals surface area contributed by atoms with E-state index in [1.54, 1.807) is 43.1 Å². The molecule has 0 spiro atoms. The number of aliphatic hydroxyl groups excluding tert-OH is 1. The maximum atomic E-state index is 12.6. The number of methoxy groups -OCH3 is 3. The van der Waals surface area contributed by atoms with Crippen molar-refractivity contribution in [1.29, 1.82) is 0 Å². The van der Waals surface area contributed by atoms with E-state index in [9.17, 15) is 9.90 Å². The number of pyridine rings is 1. The van der Waals surface area contributed by atoms with Crippen molar-refractivity contribution in [3.05, 3.63) is 94.9 Å². The zero-order valence-electron chi connectivity index (χ0n) is 33.4. The van der Waals surface area contributed by atoms with Gasteiger partial charge in [0.05, 0.1) is 32.7 Å². The van der Waals surface area contributed by atoms with Gasteiger partial charge >= 0.3 is 12.1 Å². The van der Waals surface area contributed by atoms with E-state index in [4.69, 9.17) is 43.7 Å². The van der Waals surface area contributed by atoms with Gasteiger partial charge in [0.25, 0.3) is 0 Å². The fraction of sp³-hybridized carbons (Fsp3) is 0.439. The second-order valence-electron chi connectivity index (χ2n) is 14.8. The summed E-state index contributed by atoms with van der Waals surface area (Å²) in [7, 11) is 4.89. The molecule has 1 saturated heterocycles. The van der Waals surface area contributed by atoms with Crippen molar-refractivity contribution in [2.45, 2.75) is 65.5 Å². The van der Waals surface area contributed by atoms with E-state index in [-0.39, 0.29) is 18.2 Å². The van der Waals surface area contributed by atoms with Crippen LogP contribution in [0.2, 0.25) is 0 Å². The molecule has 2 atom stereocenters. The van der Waals surface area contributed by atoms with Gasteiger partial charge in [-0.25, -0.2) is 19.3 Å². The van der Waals surface area contributed by atoms with E-state index in [1.807, 2.05) is 89.2 Å². The third-order valence-electron chi connectivity index (χ3n) is 9.32. The van der Waals surface area contributed by atoms with Crippen LogP contribution < -0.4 is 24.0 Å². The number of hydrogen-bond acceptors (Lipinski definition) is 13. The molecule has 15 heteroatoms. The Morgan fingerprint density at radius 3 is 2.04 bits per heavy atom. The van der Waals surface area contributed by atoms with Crippen molar-refractivity contribution in [3.8, 4) is 17.5 Å². The Bertz CT molecular complexity index is 2030. The molecule has 2 aromatic carbocycles. The molecule has 0 saturated carbocycles. The first-order chi connectivity index (χ1) is 26.8. The summed E-state index contributed by atoms with van der Waals surface area (Å²) in [4.78, 5) is 33.1. The highest BCUT2D eigenvalue weighted by Crippen LogP contribution is 2.31. The fourth-order valence-corrected chi connectivity index (χ4v) is 6.54. The molecule has 1 amide bonds. The van der Waals surface area contributed by atoms with Gasteiger partial charge in [-0.05, 0) is 81.6 Å². The molecule has 1 aliphatic rings. The molecule has 0 bridgehead atoms. The van der Waals surface area contributed by atoms with Crippen LogP contribution in [-0.4, -0.2) is 106 Å². The largest absolute Gasteiger partial charge is 0.497 e. The van der Waals surface area contributed by atoms with Gasteiger partial charge in [0, 0.05) is 58.1 Å². The van der Waals surface area contributed by atoms with Crippen LogP contribution in [0.1, 0.15) is 61.7 Å². The minimum Gasteiger partial charge on any atom is -0.497 e. The molecule has 56 heavy (non-hydrogen) atoms. The lowest BCUT2D eigenvalue weighted by Gasteiger charge is -2.36. The molecule has 298 valence electrons. The van der Waals surface area contributed by atoms with Crippen molar-refractivity contribution in [2.75, 3.05) is 63.9 Å². The zero-order valence-corrected chi connectivity index (χ0v) is 33.4. The summed E-state index contributed by atoms with van der Waals surface area (Å²) in [5.74, 6) is 2.82. The molecule has 15 nitrogen and oxygen atoms in total. The number of hydrogen-bond donors (Lipinski definition) is 1. The second-order valence-corrected chi connectivity index (χ2v) is 14.8. The van der Waals surface area contributed by atoms with E-state index < -0.39 is 11.7 Å². The monoisotopic (exact) mass is 768 g/mol. The highest BCUT2D eigenvalue weighted by molar-refractivity contribution is 5.69.